The van der Waals surface area contributed by atoms with Crippen LogP contribution in [0.5, 0.6) is 0 Å². The van der Waals surface area contributed by atoms with Gasteiger partial charge in [-0.25, -0.2) is 0 Å². The number of fused-ring (bicyclic) bond motifs is 1. The molecular formula is C27H26F3N5O2S. The highest BCUT2D eigenvalue weighted by Crippen LogP contribution is 2.51. The Hall–Kier alpha value is -3.20. The second-order valence-electron chi connectivity index (χ2n) is 10.6. The first-order valence-electron chi connectivity index (χ1n) is 12.5. The Morgan fingerprint density at radius 1 is 1.05 bits per heavy atom. The van der Waals surface area contributed by atoms with E-state index >= 15 is 0 Å². The van der Waals surface area contributed by atoms with Gasteiger partial charge >= 0.3 is 6.18 Å². The van der Waals surface area contributed by atoms with Crippen LogP contribution < -0.4 is 4.72 Å². The maximum absolute atomic E-state index is 13.1. The lowest BCUT2D eigenvalue weighted by molar-refractivity contribution is -0.136. The summed E-state index contributed by atoms with van der Waals surface area (Å²) in [6, 6.07) is 17.6. The van der Waals surface area contributed by atoms with E-state index in [2.05, 4.69) is 16.9 Å². The number of aromatic nitrogens is 2. The molecule has 3 unspecified atom stereocenters. The van der Waals surface area contributed by atoms with Crippen molar-refractivity contribution in [1.82, 2.24) is 18.8 Å². The number of hydrogen-bond acceptors (Lipinski definition) is 4. The van der Waals surface area contributed by atoms with Gasteiger partial charge in [0.1, 0.15) is 6.54 Å². The fraction of sp³-hybridized carbons (Fsp3) is 0.407. The molecule has 2 aliphatic carbocycles. The van der Waals surface area contributed by atoms with E-state index < -0.39 is 28.5 Å². The number of hydrogen-bond donors (Lipinski definition) is 1. The summed E-state index contributed by atoms with van der Waals surface area (Å²) in [5.74, 6) is -0.152. The van der Waals surface area contributed by atoms with Crippen molar-refractivity contribution in [3.63, 3.8) is 0 Å². The molecule has 7 nitrogen and oxygen atoms in total. The van der Waals surface area contributed by atoms with E-state index in [0.29, 0.717) is 22.7 Å². The van der Waals surface area contributed by atoms with Crippen molar-refractivity contribution in [3.8, 4) is 28.6 Å². The maximum Gasteiger partial charge on any atom is 0.402 e. The third-order valence-corrected chi connectivity index (χ3v) is 9.97. The predicted molar refractivity (Wildman–Crippen MR) is 135 cm³/mol. The summed E-state index contributed by atoms with van der Waals surface area (Å²) in [6.07, 6.45) is -1.84. The van der Waals surface area contributed by atoms with Crippen LogP contribution in [0.25, 0.3) is 22.5 Å². The van der Waals surface area contributed by atoms with Crippen LogP contribution in [0.2, 0.25) is 0 Å². The average Bonchev–Trinajstić information content (AvgIpc) is 3.43. The monoisotopic (exact) mass is 541 g/mol. The first kappa shape index (κ1) is 25.1. The lowest BCUT2D eigenvalue weighted by Crippen LogP contribution is -2.52. The summed E-state index contributed by atoms with van der Waals surface area (Å²) in [5.41, 5.74) is 5.45. The lowest BCUT2D eigenvalue weighted by Gasteiger charge is -2.33. The molecule has 1 aromatic heterocycles. The summed E-state index contributed by atoms with van der Waals surface area (Å²) in [4.78, 5) is 0. The van der Waals surface area contributed by atoms with E-state index in [9.17, 15) is 21.6 Å². The molecule has 2 fully saturated rings. The van der Waals surface area contributed by atoms with Gasteiger partial charge in [0.2, 0.25) is 0 Å². The smallest absolute Gasteiger partial charge is 0.267 e. The van der Waals surface area contributed by atoms with E-state index in [1.807, 2.05) is 37.4 Å². The molecule has 0 amide bonds. The fourth-order valence-electron chi connectivity index (χ4n) is 6.60. The van der Waals surface area contributed by atoms with Gasteiger partial charge in [-0.1, -0.05) is 24.3 Å². The second-order valence-corrected chi connectivity index (χ2v) is 12.3. The topological polar surface area (TPSA) is 91.0 Å². The maximum atomic E-state index is 13.1. The van der Waals surface area contributed by atoms with Gasteiger partial charge in [0.05, 0.1) is 28.6 Å². The average molecular weight is 542 g/mol. The Morgan fingerprint density at radius 3 is 2.37 bits per heavy atom. The van der Waals surface area contributed by atoms with Crippen LogP contribution in [-0.4, -0.2) is 47.3 Å². The largest absolute Gasteiger partial charge is 0.402 e. The first-order chi connectivity index (χ1) is 18.0. The third kappa shape index (κ3) is 4.21. The van der Waals surface area contributed by atoms with Gasteiger partial charge < -0.3 is 0 Å². The zero-order valence-electron chi connectivity index (χ0n) is 20.7. The summed E-state index contributed by atoms with van der Waals surface area (Å²) < 4.78 is 69.9. The molecule has 1 aliphatic heterocycles. The van der Waals surface area contributed by atoms with Gasteiger partial charge in [-0.3, -0.25) is 4.68 Å². The van der Waals surface area contributed by atoms with Crippen molar-refractivity contribution in [1.29, 1.82) is 5.26 Å². The fourth-order valence-corrected chi connectivity index (χ4v) is 8.31. The molecule has 1 spiro atoms. The number of alkyl halides is 3. The first-order valence-corrected chi connectivity index (χ1v) is 13.9. The van der Waals surface area contributed by atoms with Crippen molar-refractivity contribution in [2.24, 2.45) is 18.9 Å². The van der Waals surface area contributed by atoms with Crippen LogP contribution in [0.15, 0.2) is 48.5 Å². The Morgan fingerprint density at radius 2 is 1.71 bits per heavy atom. The summed E-state index contributed by atoms with van der Waals surface area (Å²) in [7, 11) is -2.35. The van der Waals surface area contributed by atoms with Crippen molar-refractivity contribution in [2.45, 2.75) is 37.4 Å². The molecule has 38 heavy (non-hydrogen) atoms. The van der Waals surface area contributed by atoms with Crippen LogP contribution in [0.3, 0.4) is 0 Å². The highest BCUT2D eigenvalue weighted by molar-refractivity contribution is 7.87. The third-order valence-electron chi connectivity index (χ3n) is 8.40. The number of nitrogens with one attached hydrogen (secondary N) is 1. The number of halogens is 3. The summed E-state index contributed by atoms with van der Waals surface area (Å²) >= 11 is 0. The molecule has 3 atom stereocenters. The van der Waals surface area contributed by atoms with Gasteiger partial charge in [-0.2, -0.15) is 41.0 Å². The molecule has 11 heteroatoms. The van der Waals surface area contributed by atoms with Crippen molar-refractivity contribution < 1.29 is 21.6 Å². The number of rotatable bonds is 3. The number of aryl methyl sites for hydroxylation is 1. The van der Waals surface area contributed by atoms with E-state index in [4.69, 9.17) is 10.4 Å². The molecule has 6 rings (SSSR count). The second kappa shape index (κ2) is 8.66. The SMILES string of the molecule is Cn1nc(-c2ccc3c(c2)CC2CCC(C3)C23CN(CC(F)(F)F)S(=O)(=O)N3)cc1-c1ccc(C#N)cc1. The minimum Gasteiger partial charge on any atom is -0.267 e. The molecular weight excluding hydrogens is 515 g/mol. The number of nitriles is 1. The molecule has 3 aromatic rings. The summed E-state index contributed by atoms with van der Waals surface area (Å²) in [6.45, 7) is -1.62. The van der Waals surface area contributed by atoms with E-state index in [-0.39, 0.29) is 18.4 Å². The minimum absolute atomic E-state index is 0.0644. The Kier molecular flexibility index (Phi) is 5.72. The summed E-state index contributed by atoms with van der Waals surface area (Å²) in [5, 5.41) is 13.8. The highest BCUT2D eigenvalue weighted by atomic mass is 32.2. The normalized spacial score (nSPS) is 26.3. The molecule has 1 saturated heterocycles. The molecule has 0 radical (unpaired) electrons. The quantitative estimate of drug-likeness (QED) is 0.538. The molecule has 1 N–H and O–H groups in total. The molecule has 2 heterocycles. The molecule has 198 valence electrons. The van der Waals surface area contributed by atoms with E-state index in [0.717, 1.165) is 46.5 Å². The molecule has 3 aliphatic rings. The van der Waals surface area contributed by atoms with Crippen LogP contribution in [0.1, 0.15) is 29.5 Å². The lowest BCUT2D eigenvalue weighted by atomic mass is 9.79. The number of nitrogens with zero attached hydrogens (tertiary/aromatic N) is 4. The van der Waals surface area contributed by atoms with Crippen molar-refractivity contribution >= 4 is 10.2 Å². The molecule has 2 aromatic carbocycles. The Labute approximate surface area is 219 Å². The standard InChI is InChI=1S/C27H26F3N5O2S/c1-34-25(18-4-2-17(14-31)3-5-18)13-24(32-34)20-7-6-19-11-22-8-9-23(12-21(19)10-20)26(22)15-35(16-27(28,29)30)38(36,37)33-26/h2-7,10,13,22-23,33H,8-9,11-12,15-16H2,1H3. The van der Waals surface area contributed by atoms with Crippen LogP contribution in [0, 0.1) is 23.2 Å². The predicted octanol–water partition coefficient (Wildman–Crippen LogP) is 4.20. The van der Waals surface area contributed by atoms with Crippen LogP contribution in [0.4, 0.5) is 13.2 Å². The molecule has 1 saturated carbocycles. The van der Waals surface area contributed by atoms with Crippen molar-refractivity contribution in [3.05, 3.63) is 65.2 Å². The zero-order chi connectivity index (χ0) is 26.9. The van der Waals surface area contributed by atoms with Gasteiger partial charge in [-0.15, -0.1) is 0 Å². The van der Waals surface area contributed by atoms with Gasteiger partial charge in [0.15, 0.2) is 0 Å². The Balaban J connectivity index is 1.30. The van der Waals surface area contributed by atoms with Crippen LogP contribution in [-0.2, 0) is 30.1 Å². The van der Waals surface area contributed by atoms with Gasteiger partial charge in [-0.05, 0) is 78.5 Å². The highest BCUT2D eigenvalue weighted by Gasteiger charge is 2.60. The Bertz CT molecular complexity index is 1560. The van der Waals surface area contributed by atoms with Crippen molar-refractivity contribution in [2.75, 3.05) is 13.1 Å². The minimum atomic E-state index is -4.60. The molecule has 2 bridgehead atoms. The van der Waals surface area contributed by atoms with Crippen LogP contribution >= 0.6 is 0 Å². The van der Waals surface area contributed by atoms with E-state index in [1.54, 1.807) is 16.8 Å². The van der Waals surface area contributed by atoms with E-state index in [1.165, 1.54) is 0 Å². The number of benzene rings is 2. The van der Waals surface area contributed by atoms with Gasteiger partial charge in [0.25, 0.3) is 10.2 Å². The zero-order valence-corrected chi connectivity index (χ0v) is 21.5. The van der Waals surface area contributed by atoms with Gasteiger partial charge in [0, 0.05) is 19.2 Å².